The highest BCUT2D eigenvalue weighted by atomic mass is 79.9. The Morgan fingerprint density at radius 3 is 2.94 bits per heavy atom. The normalized spacial score (nSPS) is 23.7. The van der Waals surface area contributed by atoms with Gasteiger partial charge in [0.1, 0.15) is 0 Å². The lowest BCUT2D eigenvalue weighted by Crippen LogP contribution is -2.23. The molecule has 3 nitrogen and oxygen atoms in total. The number of hydrogen-bond donors (Lipinski definition) is 1. The van der Waals surface area contributed by atoms with Gasteiger partial charge in [-0.2, -0.15) is 0 Å². The van der Waals surface area contributed by atoms with E-state index in [1.54, 1.807) is 18.2 Å². The van der Waals surface area contributed by atoms with Crippen LogP contribution in [-0.2, 0) is 9.53 Å². The molecule has 0 bridgehead atoms. The summed E-state index contributed by atoms with van der Waals surface area (Å²) in [4.78, 5) is 11.9. The SMILES string of the molecule is CC1CC(C(=O)Nc2ccc(Cl)c(Br)c2)CO1. The summed E-state index contributed by atoms with van der Waals surface area (Å²) in [5.74, 6) is -0.0528. The highest BCUT2D eigenvalue weighted by Crippen LogP contribution is 2.26. The number of carbonyl (C=O) groups is 1. The summed E-state index contributed by atoms with van der Waals surface area (Å²) in [5, 5.41) is 3.49. The molecule has 1 aromatic carbocycles. The number of hydrogen-bond acceptors (Lipinski definition) is 2. The molecule has 17 heavy (non-hydrogen) atoms. The third-order valence-electron chi connectivity index (χ3n) is 2.76. The Labute approximate surface area is 114 Å². The first kappa shape index (κ1) is 12.9. The third kappa shape index (κ3) is 3.21. The zero-order chi connectivity index (χ0) is 12.4. The standard InChI is InChI=1S/C12H13BrClNO2/c1-7-4-8(6-17-7)12(16)15-9-2-3-11(14)10(13)5-9/h2-3,5,7-8H,4,6H2,1H3,(H,15,16). The Balaban J connectivity index is 2.00. The molecule has 1 N–H and O–H groups in total. The number of rotatable bonds is 2. The predicted octanol–water partition coefficient (Wildman–Crippen LogP) is 3.47. The van der Waals surface area contributed by atoms with Crippen molar-refractivity contribution in [1.82, 2.24) is 0 Å². The zero-order valence-corrected chi connectivity index (χ0v) is 11.7. The maximum Gasteiger partial charge on any atom is 0.229 e. The molecule has 2 atom stereocenters. The number of carbonyl (C=O) groups excluding carboxylic acids is 1. The molecule has 0 radical (unpaired) electrons. The van der Waals surface area contributed by atoms with Gasteiger partial charge in [0.15, 0.2) is 0 Å². The summed E-state index contributed by atoms with van der Waals surface area (Å²) in [6, 6.07) is 5.32. The molecular formula is C12H13BrClNO2. The fourth-order valence-electron chi connectivity index (χ4n) is 1.82. The molecule has 0 spiro atoms. The van der Waals surface area contributed by atoms with Crippen LogP contribution in [0.2, 0.25) is 5.02 Å². The molecule has 0 aliphatic carbocycles. The van der Waals surface area contributed by atoms with Gasteiger partial charge in [0.2, 0.25) is 5.91 Å². The topological polar surface area (TPSA) is 38.3 Å². The van der Waals surface area contributed by atoms with Gasteiger partial charge in [0.05, 0.1) is 23.7 Å². The zero-order valence-electron chi connectivity index (χ0n) is 9.37. The molecular weight excluding hydrogens is 305 g/mol. The fraction of sp³-hybridized carbons (Fsp3) is 0.417. The van der Waals surface area contributed by atoms with Gasteiger partial charge in [-0.25, -0.2) is 0 Å². The van der Waals surface area contributed by atoms with Gasteiger partial charge in [-0.1, -0.05) is 11.6 Å². The van der Waals surface area contributed by atoms with Crippen LogP contribution in [0, 0.1) is 5.92 Å². The maximum atomic E-state index is 11.9. The molecule has 0 saturated carbocycles. The van der Waals surface area contributed by atoms with Gasteiger partial charge in [0, 0.05) is 10.2 Å². The van der Waals surface area contributed by atoms with E-state index in [1.807, 2.05) is 6.92 Å². The van der Waals surface area contributed by atoms with Crippen molar-refractivity contribution in [3.63, 3.8) is 0 Å². The summed E-state index contributed by atoms with van der Waals surface area (Å²) < 4.78 is 6.15. The minimum Gasteiger partial charge on any atom is -0.378 e. The summed E-state index contributed by atoms with van der Waals surface area (Å²) >= 11 is 9.20. The van der Waals surface area contributed by atoms with Crippen LogP contribution in [0.1, 0.15) is 13.3 Å². The van der Waals surface area contributed by atoms with Crippen LogP contribution in [0.15, 0.2) is 22.7 Å². The Hall–Kier alpha value is -0.580. The number of halogens is 2. The summed E-state index contributed by atoms with van der Waals surface area (Å²) in [7, 11) is 0. The van der Waals surface area contributed by atoms with Crippen molar-refractivity contribution in [3.05, 3.63) is 27.7 Å². The van der Waals surface area contributed by atoms with Crippen molar-refractivity contribution >= 4 is 39.1 Å². The molecule has 1 aromatic rings. The van der Waals surface area contributed by atoms with Crippen molar-refractivity contribution in [1.29, 1.82) is 0 Å². The lowest BCUT2D eigenvalue weighted by molar-refractivity contribution is -0.119. The Morgan fingerprint density at radius 1 is 1.59 bits per heavy atom. The van der Waals surface area contributed by atoms with E-state index in [2.05, 4.69) is 21.2 Å². The van der Waals surface area contributed by atoms with E-state index >= 15 is 0 Å². The Kier molecular flexibility index (Phi) is 4.07. The second kappa shape index (κ2) is 5.38. The van der Waals surface area contributed by atoms with Crippen molar-refractivity contribution < 1.29 is 9.53 Å². The number of anilines is 1. The lowest BCUT2D eigenvalue weighted by Gasteiger charge is -2.10. The highest BCUT2D eigenvalue weighted by Gasteiger charge is 2.28. The second-order valence-corrected chi connectivity index (χ2v) is 5.46. The molecule has 5 heteroatoms. The summed E-state index contributed by atoms with van der Waals surface area (Å²) in [6.45, 7) is 2.48. The van der Waals surface area contributed by atoms with Crippen LogP contribution in [-0.4, -0.2) is 18.6 Å². The molecule has 1 fully saturated rings. The van der Waals surface area contributed by atoms with Crippen molar-refractivity contribution in [2.45, 2.75) is 19.4 Å². The lowest BCUT2D eigenvalue weighted by atomic mass is 10.1. The molecule has 1 amide bonds. The monoisotopic (exact) mass is 317 g/mol. The Morgan fingerprint density at radius 2 is 2.35 bits per heavy atom. The molecule has 1 aliphatic rings. The van der Waals surface area contributed by atoms with Crippen LogP contribution in [0.25, 0.3) is 0 Å². The largest absolute Gasteiger partial charge is 0.378 e. The average Bonchev–Trinajstić information content (AvgIpc) is 2.70. The predicted molar refractivity (Wildman–Crippen MR) is 71.3 cm³/mol. The van der Waals surface area contributed by atoms with Gasteiger partial charge >= 0.3 is 0 Å². The smallest absolute Gasteiger partial charge is 0.229 e. The minimum atomic E-state index is -0.0561. The van der Waals surface area contributed by atoms with Gasteiger partial charge < -0.3 is 10.1 Å². The number of benzene rings is 1. The van der Waals surface area contributed by atoms with Crippen molar-refractivity contribution in [2.24, 2.45) is 5.92 Å². The number of ether oxygens (including phenoxy) is 1. The molecule has 92 valence electrons. The van der Waals surface area contributed by atoms with Gasteiger partial charge in [-0.05, 0) is 47.5 Å². The van der Waals surface area contributed by atoms with Crippen LogP contribution in [0.4, 0.5) is 5.69 Å². The van der Waals surface area contributed by atoms with Crippen LogP contribution >= 0.6 is 27.5 Å². The van der Waals surface area contributed by atoms with Gasteiger partial charge in [-0.3, -0.25) is 4.79 Å². The molecule has 1 heterocycles. The summed E-state index contributed by atoms with van der Waals surface area (Å²) in [5.41, 5.74) is 0.742. The molecule has 1 aliphatic heterocycles. The molecule has 1 saturated heterocycles. The van der Waals surface area contributed by atoms with E-state index in [9.17, 15) is 4.79 Å². The van der Waals surface area contributed by atoms with E-state index in [1.165, 1.54) is 0 Å². The number of nitrogens with one attached hydrogen (secondary N) is 1. The van der Waals surface area contributed by atoms with Crippen LogP contribution in [0.3, 0.4) is 0 Å². The van der Waals surface area contributed by atoms with Crippen LogP contribution < -0.4 is 5.32 Å². The molecule has 2 rings (SSSR count). The second-order valence-electron chi connectivity index (χ2n) is 4.19. The third-order valence-corrected chi connectivity index (χ3v) is 3.97. The number of amides is 1. The van der Waals surface area contributed by atoms with E-state index in [4.69, 9.17) is 16.3 Å². The summed E-state index contributed by atoms with van der Waals surface area (Å²) in [6.07, 6.45) is 0.948. The first-order valence-corrected chi connectivity index (χ1v) is 6.61. The van der Waals surface area contributed by atoms with Crippen molar-refractivity contribution in [3.8, 4) is 0 Å². The van der Waals surface area contributed by atoms with E-state index in [0.717, 1.165) is 16.6 Å². The van der Waals surface area contributed by atoms with E-state index in [0.29, 0.717) is 11.6 Å². The average molecular weight is 319 g/mol. The fourth-order valence-corrected chi connectivity index (χ4v) is 2.31. The maximum absolute atomic E-state index is 11.9. The van der Waals surface area contributed by atoms with Crippen LogP contribution in [0.5, 0.6) is 0 Å². The minimum absolute atomic E-state index is 0.00331. The van der Waals surface area contributed by atoms with Crippen molar-refractivity contribution in [2.75, 3.05) is 11.9 Å². The molecule has 2 unspecified atom stereocenters. The first-order chi connectivity index (χ1) is 8.06. The quantitative estimate of drug-likeness (QED) is 0.907. The van der Waals surface area contributed by atoms with E-state index in [-0.39, 0.29) is 17.9 Å². The molecule has 0 aromatic heterocycles. The van der Waals surface area contributed by atoms with Gasteiger partial charge in [-0.15, -0.1) is 0 Å². The Bertz CT molecular complexity index is 439. The van der Waals surface area contributed by atoms with E-state index < -0.39 is 0 Å². The first-order valence-electron chi connectivity index (χ1n) is 5.44. The highest BCUT2D eigenvalue weighted by molar-refractivity contribution is 9.10. The van der Waals surface area contributed by atoms with Gasteiger partial charge in [0.25, 0.3) is 0 Å².